The number of rotatable bonds is 7. The summed E-state index contributed by atoms with van der Waals surface area (Å²) in [6.45, 7) is 1.91. The number of benzene rings is 1. The minimum atomic E-state index is -4.50. The van der Waals surface area contributed by atoms with Crippen LogP contribution >= 0.6 is 11.6 Å². The summed E-state index contributed by atoms with van der Waals surface area (Å²) < 4.78 is 43.1. The number of halogens is 4. The first-order chi connectivity index (χ1) is 18.7. The van der Waals surface area contributed by atoms with Crippen molar-refractivity contribution in [3.63, 3.8) is 0 Å². The Morgan fingerprint density at radius 2 is 1.95 bits per heavy atom. The standard InChI is InChI=1S/C25H24ClF3N8O2/c1-39-21-20(31-14-32-22(21)26)15-4-5-17-18(11-15)34-24(33-17)35-23-16(3-2-6-30-23)13-36-7-9-37(10-8-36)19(38)12-25(27,28)29/h2-6,11,14H,7-10,12-13H2,1H3,(H2,30,33,34,35). The van der Waals surface area contributed by atoms with E-state index < -0.39 is 18.5 Å². The van der Waals surface area contributed by atoms with Crippen LogP contribution in [0.1, 0.15) is 12.0 Å². The number of alkyl halides is 3. The van der Waals surface area contributed by atoms with E-state index in [1.165, 1.54) is 18.3 Å². The summed E-state index contributed by atoms with van der Waals surface area (Å²) >= 11 is 6.15. The molecule has 0 atom stereocenters. The Morgan fingerprint density at radius 1 is 1.15 bits per heavy atom. The maximum Gasteiger partial charge on any atom is 0.397 e. The van der Waals surface area contributed by atoms with E-state index in [2.05, 4.69) is 35.1 Å². The van der Waals surface area contributed by atoms with Gasteiger partial charge >= 0.3 is 6.18 Å². The SMILES string of the molecule is COc1c(Cl)ncnc1-c1ccc2nc(Nc3ncccc3CN3CCN(C(=O)CC(F)(F)F)CC3)[nH]c2c1. The van der Waals surface area contributed by atoms with Crippen LogP contribution in [0.25, 0.3) is 22.3 Å². The number of anilines is 2. The number of hydrogen-bond donors (Lipinski definition) is 2. The molecule has 14 heteroatoms. The first kappa shape index (κ1) is 26.6. The number of aromatic nitrogens is 5. The summed E-state index contributed by atoms with van der Waals surface area (Å²) in [5.74, 6) is 0.564. The third-order valence-corrected chi connectivity index (χ3v) is 6.59. The number of aromatic amines is 1. The van der Waals surface area contributed by atoms with Crippen molar-refractivity contribution in [2.45, 2.75) is 19.1 Å². The van der Waals surface area contributed by atoms with Crippen LogP contribution in [0.15, 0.2) is 42.9 Å². The molecule has 0 spiro atoms. The van der Waals surface area contributed by atoms with Gasteiger partial charge in [0.1, 0.15) is 24.3 Å². The van der Waals surface area contributed by atoms with Gasteiger partial charge in [0.05, 0.1) is 18.1 Å². The molecule has 1 aliphatic rings. The van der Waals surface area contributed by atoms with Gasteiger partial charge in [-0.2, -0.15) is 13.2 Å². The Hall–Kier alpha value is -3.97. The zero-order chi connectivity index (χ0) is 27.6. The van der Waals surface area contributed by atoms with Crippen LogP contribution in [0.5, 0.6) is 5.75 Å². The van der Waals surface area contributed by atoms with Gasteiger partial charge < -0.3 is 19.9 Å². The van der Waals surface area contributed by atoms with E-state index in [0.717, 1.165) is 22.2 Å². The minimum Gasteiger partial charge on any atom is -0.491 e. The second-order valence-electron chi connectivity index (χ2n) is 8.95. The van der Waals surface area contributed by atoms with Crippen molar-refractivity contribution in [3.8, 4) is 17.0 Å². The summed E-state index contributed by atoms with van der Waals surface area (Å²) in [6, 6.07) is 9.32. The van der Waals surface area contributed by atoms with Gasteiger partial charge in [0, 0.05) is 50.0 Å². The van der Waals surface area contributed by atoms with Gasteiger partial charge in [-0.05, 0) is 18.2 Å². The first-order valence-electron chi connectivity index (χ1n) is 12.0. The number of amides is 1. The molecule has 1 fully saturated rings. The van der Waals surface area contributed by atoms with Gasteiger partial charge in [0.15, 0.2) is 10.9 Å². The predicted molar refractivity (Wildman–Crippen MR) is 139 cm³/mol. The average Bonchev–Trinajstić information content (AvgIpc) is 3.30. The number of ether oxygens (including phenoxy) is 1. The molecule has 1 amide bonds. The number of pyridine rings is 1. The largest absolute Gasteiger partial charge is 0.491 e. The zero-order valence-electron chi connectivity index (χ0n) is 20.8. The molecule has 39 heavy (non-hydrogen) atoms. The number of imidazole rings is 1. The Morgan fingerprint density at radius 3 is 2.69 bits per heavy atom. The van der Waals surface area contributed by atoms with Gasteiger partial charge in [-0.15, -0.1) is 0 Å². The molecular weight excluding hydrogens is 537 g/mol. The van der Waals surface area contributed by atoms with Gasteiger partial charge in [-0.3, -0.25) is 9.69 Å². The predicted octanol–water partition coefficient (Wildman–Crippen LogP) is 4.42. The lowest BCUT2D eigenvalue weighted by Gasteiger charge is -2.35. The van der Waals surface area contributed by atoms with E-state index in [4.69, 9.17) is 16.3 Å². The van der Waals surface area contributed by atoms with Crippen LogP contribution in [0, 0.1) is 0 Å². The smallest absolute Gasteiger partial charge is 0.397 e. The number of carbonyl (C=O) groups excluding carboxylic acids is 1. The van der Waals surface area contributed by atoms with Crippen molar-refractivity contribution in [1.29, 1.82) is 0 Å². The van der Waals surface area contributed by atoms with E-state index >= 15 is 0 Å². The average molecular weight is 561 g/mol. The fraction of sp³-hybridized carbons (Fsp3) is 0.320. The second-order valence-corrected chi connectivity index (χ2v) is 9.31. The summed E-state index contributed by atoms with van der Waals surface area (Å²) in [4.78, 5) is 35.8. The molecule has 1 aliphatic heterocycles. The fourth-order valence-corrected chi connectivity index (χ4v) is 4.64. The van der Waals surface area contributed by atoms with Crippen LogP contribution in [0.2, 0.25) is 5.15 Å². The Balaban J connectivity index is 1.28. The molecule has 0 bridgehead atoms. The quantitative estimate of drug-likeness (QED) is 0.320. The van der Waals surface area contributed by atoms with Crippen molar-refractivity contribution in [1.82, 2.24) is 34.7 Å². The molecule has 1 aromatic carbocycles. The number of carbonyl (C=O) groups is 1. The third-order valence-electron chi connectivity index (χ3n) is 6.32. The lowest BCUT2D eigenvalue weighted by molar-refractivity contribution is -0.162. The molecule has 10 nitrogen and oxygen atoms in total. The zero-order valence-corrected chi connectivity index (χ0v) is 21.6. The molecule has 4 aromatic rings. The number of piperazine rings is 1. The normalized spacial score (nSPS) is 14.5. The molecule has 204 valence electrons. The van der Waals surface area contributed by atoms with Gasteiger partial charge in [0.2, 0.25) is 11.9 Å². The van der Waals surface area contributed by atoms with Gasteiger partial charge in [-0.1, -0.05) is 23.7 Å². The Kier molecular flexibility index (Phi) is 7.53. The van der Waals surface area contributed by atoms with Crippen molar-refractivity contribution < 1.29 is 22.7 Å². The van der Waals surface area contributed by atoms with Gasteiger partial charge in [0.25, 0.3) is 0 Å². The second kappa shape index (κ2) is 11.0. The summed E-state index contributed by atoms with van der Waals surface area (Å²) in [6.07, 6.45) is -2.90. The van der Waals surface area contributed by atoms with Crippen molar-refractivity contribution >= 4 is 40.3 Å². The molecular formula is C25H24ClF3N8O2. The van der Waals surface area contributed by atoms with Crippen LogP contribution < -0.4 is 10.1 Å². The van der Waals surface area contributed by atoms with E-state index in [9.17, 15) is 18.0 Å². The number of fused-ring (bicyclic) bond motifs is 1. The molecule has 0 saturated carbocycles. The van der Waals surface area contributed by atoms with E-state index in [-0.39, 0.29) is 18.2 Å². The van der Waals surface area contributed by atoms with Crippen molar-refractivity contribution in [2.75, 3.05) is 38.6 Å². The number of nitrogens with one attached hydrogen (secondary N) is 2. The minimum absolute atomic E-state index is 0.214. The highest BCUT2D eigenvalue weighted by molar-refractivity contribution is 6.31. The molecule has 5 rings (SSSR count). The Bertz CT molecular complexity index is 1490. The molecule has 0 unspecified atom stereocenters. The summed E-state index contributed by atoms with van der Waals surface area (Å²) in [5.41, 5.74) is 3.68. The topological polar surface area (TPSA) is 112 Å². The highest BCUT2D eigenvalue weighted by Gasteiger charge is 2.34. The van der Waals surface area contributed by atoms with E-state index in [1.54, 1.807) is 6.20 Å². The maximum atomic E-state index is 12.6. The lowest BCUT2D eigenvalue weighted by Crippen LogP contribution is -2.49. The monoisotopic (exact) mass is 560 g/mol. The molecule has 0 radical (unpaired) electrons. The van der Waals surface area contributed by atoms with Crippen LogP contribution in [0.4, 0.5) is 24.9 Å². The van der Waals surface area contributed by atoms with Crippen molar-refractivity contribution in [3.05, 3.63) is 53.6 Å². The fourth-order valence-electron chi connectivity index (χ4n) is 4.43. The third kappa shape index (κ3) is 6.20. The van der Waals surface area contributed by atoms with Crippen LogP contribution in [-0.2, 0) is 11.3 Å². The highest BCUT2D eigenvalue weighted by atomic mass is 35.5. The van der Waals surface area contributed by atoms with Crippen molar-refractivity contribution in [2.24, 2.45) is 0 Å². The van der Waals surface area contributed by atoms with Crippen LogP contribution in [0.3, 0.4) is 0 Å². The lowest BCUT2D eigenvalue weighted by atomic mass is 10.1. The number of H-pyrrole nitrogens is 1. The van der Waals surface area contributed by atoms with E-state index in [0.29, 0.717) is 42.8 Å². The molecule has 2 N–H and O–H groups in total. The summed E-state index contributed by atoms with van der Waals surface area (Å²) in [7, 11) is 1.50. The summed E-state index contributed by atoms with van der Waals surface area (Å²) in [5, 5.41) is 3.44. The molecule has 3 aromatic heterocycles. The maximum absolute atomic E-state index is 12.6. The molecule has 1 saturated heterocycles. The first-order valence-corrected chi connectivity index (χ1v) is 12.4. The number of nitrogens with zero attached hydrogens (tertiary/aromatic N) is 6. The molecule has 0 aliphatic carbocycles. The number of hydrogen-bond acceptors (Lipinski definition) is 8. The molecule has 4 heterocycles. The highest BCUT2D eigenvalue weighted by Crippen LogP contribution is 2.34. The van der Waals surface area contributed by atoms with Crippen LogP contribution in [-0.4, -0.2) is 80.1 Å². The van der Waals surface area contributed by atoms with E-state index in [1.807, 2.05) is 30.3 Å². The Labute approximate surface area is 226 Å². The number of methoxy groups -OCH3 is 1. The van der Waals surface area contributed by atoms with Gasteiger partial charge in [-0.25, -0.2) is 19.9 Å².